The maximum Gasteiger partial charge on any atom is 0.234 e. The lowest BCUT2D eigenvalue weighted by molar-refractivity contribution is -0.113. The van der Waals surface area contributed by atoms with Gasteiger partial charge in [0.1, 0.15) is 0 Å². The Kier molecular flexibility index (Phi) is 6.41. The maximum absolute atomic E-state index is 12.3. The summed E-state index contributed by atoms with van der Waals surface area (Å²) in [5, 5.41) is 12.1. The lowest BCUT2D eigenvalue weighted by Gasteiger charge is -2.09. The van der Waals surface area contributed by atoms with Crippen LogP contribution < -0.4 is 5.32 Å². The predicted octanol–water partition coefficient (Wildman–Crippen LogP) is 4.33. The molecule has 0 saturated heterocycles. The fraction of sp³-hybridized carbons (Fsp3) is 0.158. The number of nitrogens with zero attached hydrogens (tertiary/aromatic N) is 4. The standard InChI is InChI=1S/C19H18BrN5OS/c1-3-9-25-18(14-5-4-8-21-11-14)23-24-19(25)27-12-17(26)22-16-7-6-15(20)10-13(16)2/h3-8,10-11H,1,9,12H2,2H3,(H,22,26). The zero-order valence-corrected chi connectivity index (χ0v) is 17.1. The predicted molar refractivity (Wildman–Crippen MR) is 112 cm³/mol. The lowest BCUT2D eigenvalue weighted by atomic mass is 10.2. The van der Waals surface area contributed by atoms with Gasteiger partial charge in [-0.2, -0.15) is 0 Å². The number of carbonyl (C=O) groups is 1. The quantitative estimate of drug-likeness (QED) is 0.434. The lowest BCUT2D eigenvalue weighted by Crippen LogP contribution is -2.15. The summed E-state index contributed by atoms with van der Waals surface area (Å²) in [7, 11) is 0. The SMILES string of the molecule is C=CCn1c(SCC(=O)Nc2ccc(Br)cc2C)nnc1-c1cccnc1. The molecule has 0 atom stereocenters. The van der Waals surface area contributed by atoms with Crippen molar-refractivity contribution in [3.63, 3.8) is 0 Å². The molecule has 3 aromatic rings. The summed E-state index contributed by atoms with van der Waals surface area (Å²) < 4.78 is 2.90. The van der Waals surface area contributed by atoms with Crippen LogP contribution in [-0.4, -0.2) is 31.4 Å². The van der Waals surface area contributed by atoms with Gasteiger partial charge in [0.05, 0.1) is 5.75 Å². The van der Waals surface area contributed by atoms with Crippen molar-refractivity contribution < 1.29 is 4.79 Å². The van der Waals surface area contributed by atoms with Crippen LogP contribution in [0, 0.1) is 6.92 Å². The van der Waals surface area contributed by atoms with E-state index in [1.807, 2.05) is 41.8 Å². The van der Waals surface area contributed by atoms with E-state index in [0.29, 0.717) is 17.5 Å². The summed E-state index contributed by atoms with van der Waals surface area (Å²) in [4.78, 5) is 16.5. The highest BCUT2D eigenvalue weighted by Crippen LogP contribution is 2.24. The number of allylic oxidation sites excluding steroid dienone is 1. The van der Waals surface area contributed by atoms with Crippen molar-refractivity contribution >= 4 is 39.3 Å². The van der Waals surface area contributed by atoms with Gasteiger partial charge in [0.15, 0.2) is 11.0 Å². The molecule has 0 aliphatic carbocycles. The summed E-state index contributed by atoms with van der Waals surface area (Å²) in [5.41, 5.74) is 2.66. The van der Waals surface area contributed by atoms with E-state index in [2.05, 4.69) is 43.0 Å². The van der Waals surface area contributed by atoms with Gasteiger partial charge in [0.2, 0.25) is 5.91 Å². The average Bonchev–Trinajstić information content (AvgIpc) is 3.06. The van der Waals surface area contributed by atoms with Gasteiger partial charge >= 0.3 is 0 Å². The fourth-order valence-corrected chi connectivity index (χ4v) is 3.70. The van der Waals surface area contributed by atoms with Gasteiger partial charge < -0.3 is 5.32 Å². The second-order valence-corrected chi connectivity index (χ2v) is 7.60. The molecule has 0 aliphatic rings. The average molecular weight is 444 g/mol. The molecule has 1 aromatic carbocycles. The first-order valence-electron chi connectivity index (χ1n) is 8.22. The van der Waals surface area contributed by atoms with E-state index in [1.165, 1.54) is 11.8 Å². The number of halogens is 1. The number of anilines is 1. The van der Waals surface area contributed by atoms with Crippen LogP contribution in [0.15, 0.2) is 65.0 Å². The van der Waals surface area contributed by atoms with Crippen LogP contribution in [0.1, 0.15) is 5.56 Å². The Balaban J connectivity index is 1.71. The number of aryl methyl sites for hydroxylation is 1. The van der Waals surface area contributed by atoms with E-state index < -0.39 is 0 Å². The molecule has 0 spiro atoms. The molecule has 0 bridgehead atoms. The summed E-state index contributed by atoms with van der Waals surface area (Å²) in [6, 6.07) is 9.51. The summed E-state index contributed by atoms with van der Waals surface area (Å²) in [6.45, 7) is 6.30. The molecule has 2 heterocycles. The molecule has 0 fully saturated rings. The first-order chi connectivity index (χ1) is 13.1. The van der Waals surface area contributed by atoms with Crippen LogP contribution >= 0.6 is 27.7 Å². The zero-order chi connectivity index (χ0) is 19.2. The Bertz CT molecular complexity index is 958. The van der Waals surface area contributed by atoms with E-state index in [1.54, 1.807) is 18.5 Å². The second-order valence-electron chi connectivity index (χ2n) is 5.74. The summed E-state index contributed by atoms with van der Waals surface area (Å²) >= 11 is 4.76. The number of nitrogens with one attached hydrogen (secondary N) is 1. The Morgan fingerprint density at radius 2 is 2.22 bits per heavy atom. The van der Waals surface area contributed by atoms with Gasteiger partial charge in [-0.05, 0) is 42.8 Å². The van der Waals surface area contributed by atoms with E-state index in [0.717, 1.165) is 21.3 Å². The van der Waals surface area contributed by atoms with E-state index in [4.69, 9.17) is 0 Å². The third kappa shape index (κ3) is 4.84. The minimum absolute atomic E-state index is 0.0958. The number of rotatable bonds is 7. The molecular weight excluding hydrogens is 426 g/mol. The van der Waals surface area contributed by atoms with Crippen LogP contribution in [0.4, 0.5) is 5.69 Å². The highest BCUT2D eigenvalue weighted by molar-refractivity contribution is 9.10. The molecule has 3 rings (SSSR count). The van der Waals surface area contributed by atoms with Crippen molar-refractivity contribution in [2.75, 3.05) is 11.1 Å². The monoisotopic (exact) mass is 443 g/mol. The van der Waals surface area contributed by atoms with Crippen molar-refractivity contribution in [3.8, 4) is 11.4 Å². The largest absolute Gasteiger partial charge is 0.325 e. The smallest absolute Gasteiger partial charge is 0.234 e. The van der Waals surface area contributed by atoms with Crippen LogP contribution in [-0.2, 0) is 11.3 Å². The van der Waals surface area contributed by atoms with E-state index in [9.17, 15) is 4.79 Å². The molecule has 0 saturated carbocycles. The summed E-state index contributed by atoms with van der Waals surface area (Å²) in [6.07, 6.45) is 5.22. The van der Waals surface area contributed by atoms with Gasteiger partial charge in [0, 0.05) is 34.7 Å². The van der Waals surface area contributed by atoms with Crippen LogP contribution in [0.25, 0.3) is 11.4 Å². The highest BCUT2D eigenvalue weighted by Gasteiger charge is 2.15. The number of carbonyl (C=O) groups excluding carboxylic acids is 1. The molecule has 0 radical (unpaired) electrons. The molecular formula is C19H18BrN5OS. The molecule has 6 nitrogen and oxygen atoms in total. The number of benzene rings is 1. The minimum Gasteiger partial charge on any atom is -0.325 e. The number of aromatic nitrogens is 4. The van der Waals surface area contributed by atoms with E-state index in [-0.39, 0.29) is 11.7 Å². The van der Waals surface area contributed by atoms with Gasteiger partial charge in [-0.15, -0.1) is 16.8 Å². The van der Waals surface area contributed by atoms with Gasteiger partial charge in [-0.25, -0.2) is 0 Å². The van der Waals surface area contributed by atoms with Crippen molar-refractivity contribution in [1.29, 1.82) is 0 Å². The number of hydrogen-bond donors (Lipinski definition) is 1. The van der Waals surface area contributed by atoms with Crippen LogP contribution in [0.5, 0.6) is 0 Å². The molecule has 8 heteroatoms. The topological polar surface area (TPSA) is 72.7 Å². The van der Waals surface area contributed by atoms with Gasteiger partial charge in [-0.3, -0.25) is 14.3 Å². The number of pyridine rings is 1. The number of hydrogen-bond acceptors (Lipinski definition) is 5. The Morgan fingerprint density at radius 3 is 2.93 bits per heavy atom. The highest BCUT2D eigenvalue weighted by atomic mass is 79.9. The van der Waals surface area contributed by atoms with E-state index >= 15 is 0 Å². The molecule has 1 N–H and O–H groups in total. The molecule has 2 aromatic heterocycles. The minimum atomic E-state index is -0.0958. The third-order valence-electron chi connectivity index (χ3n) is 3.74. The first kappa shape index (κ1) is 19.3. The van der Waals surface area contributed by atoms with Crippen molar-refractivity contribution in [2.45, 2.75) is 18.6 Å². The van der Waals surface area contributed by atoms with Crippen molar-refractivity contribution in [1.82, 2.24) is 19.7 Å². The first-order valence-corrected chi connectivity index (χ1v) is 9.99. The maximum atomic E-state index is 12.3. The van der Waals surface area contributed by atoms with Gasteiger partial charge in [-0.1, -0.05) is 33.8 Å². The molecule has 0 aliphatic heterocycles. The molecule has 138 valence electrons. The zero-order valence-electron chi connectivity index (χ0n) is 14.7. The number of amides is 1. The van der Waals surface area contributed by atoms with Crippen molar-refractivity contribution in [3.05, 3.63) is 65.4 Å². The fourth-order valence-electron chi connectivity index (χ4n) is 2.48. The Hall–Kier alpha value is -2.45. The molecule has 0 unspecified atom stereocenters. The normalized spacial score (nSPS) is 10.6. The van der Waals surface area contributed by atoms with Crippen LogP contribution in [0.2, 0.25) is 0 Å². The number of thioether (sulfide) groups is 1. The molecule has 1 amide bonds. The second kappa shape index (κ2) is 8.96. The van der Waals surface area contributed by atoms with Gasteiger partial charge in [0.25, 0.3) is 0 Å². The molecule has 27 heavy (non-hydrogen) atoms. The Labute approximate surface area is 170 Å². The summed E-state index contributed by atoms with van der Waals surface area (Å²) in [5.74, 6) is 0.842. The third-order valence-corrected chi connectivity index (χ3v) is 5.20. The van der Waals surface area contributed by atoms with Crippen LogP contribution in [0.3, 0.4) is 0 Å². The van der Waals surface area contributed by atoms with Crippen molar-refractivity contribution in [2.24, 2.45) is 0 Å². The Morgan fingerprint density at radius 1 is 1.37 bits per heavy atom.